The van der Waals surface area contributed by atoms with Gasteiger partial charge in [0.25, 0.3) is 0 Å². The Bertz CT molecular complexity index is 913. The van der Waals surface area contributed by atoms with E-state index in [9.17, 15) is 9.59 Å². The van der Waals surface area contributed by atoms with Gasteiger partial charge in [0.1, 0.15) is 0 Å². The summed E-state index contributed by atoms with van der Waals surface area (Å²) >= 11 is 6.18. The van der Waals surface area contributed by atoms with Crippen molar-refractivity contribution in [2.75, 3.05) is 19.0 Å². The first-order valence-electron chi connectivity index (χ1n) is 8.57. The summed E-state index contributed by atoms with van der Waals surface area (Å²) in [6, 6.07) is 8.65. The van der Waals surface area contributed by atoms with Crippen LogP contribution >= 0.6 is 11.6 Å². The number of amides is 2. The number of anilines is 1. The van der Waals surface area contributed by atoms with Crippen LogP contribution in [0.25, 0.3) is 0 Å². The summed E-state index contributed by atoms with van der Waals surface area (Å²) in [4.78, 5) is 23.9. The number of hydrazone groups is 1. The van der Waals surface area contributed by atoms with E-state index < -0.39 is 11.8 Å². The number of halogens is 1. The molecule has 0 aliphatic carbocycles. The third-order valence-electron chi connectivity index (χ3n) is 3.89. The zero-order valence-electron chi connectivity index (χ0n) is 16.1. The van der Waals surface area contributed by atoms with Crippen molar-refractivity contribution in [2.24, 2.45) is 5.10 Å². The van der Waals surface area contributed by atoms with Crippen LogP contribution in [0.5, 0.6) is 11.5 Å². The van der Waals surface area contributed by atoms with Crippen molar-refractivity contribution in [1.29, 1.82) is 0 Å². The summed E-state index contributed by atoms with van der Waals surface area (Å²) in [7, 11) is 1.49. The summed E-state index contributed by atoms with van der Waals surface area (Å²) < 4.78 is 10.7. The van der Waals surface area contributed by atoms with Crippen molar-refractivity contribution in [1.82, 2.24) is 5.43 Å². The van der Waals surface area contributed by atoms with Gasteiger partial charge in [-0.05, 0) is 61.7 Å². The molecule has 148 valence electrons. The number of nitrogens with zero attached hydrogens (tertiary/aromatic N) is 1. The predicted molar refractivity (Wildman–Crippen MR) is 109 cm³/mol. The van der Waals surface area contributed by atoms with Crippen molar-refractivity contribution in [3.8, 4) is 11.5 Å². The van der Waals surface area contributed by atoms with E-state index in [0.717, 1.165) is 11.1 Å². The van der Waals surface area contributed by atoms with E-state index in [1.54, 1.807) is 24.3 Å². The lowest BCUT2D eigenvalue weighted by molar-refractivity contribution is -0.136. The molecule has 28 heavy (non-hydrogen) atoms. The number of aryl methyl sites for hydroxylation is 2. The molecule has 2 aromatic rings. The zero-order valence-corrected chi connectivity index (χ0v) is 16.9. The first kappa shape index (κ1) is 21.2. The molecule has 0 aliphatic heterocycles. The predicted octanol–water partition coefficient (Wildman–Crippen LogP) is 3.45. The molecule has 0 atom stereocenters. The lowest BCUT2D eigenvalue weighted by atomic mass is 10.1. The van der Waals surface area contributed by atoms with Crippen LogP contribution in [0.4, 0.5) is 5.69 Å². The van der Waals surface area contributed by atoms with Crippen molar-refractivity contribution in [3.63, 3.8) is 0 Å². The quantitative estimate of drug-likeness (QED) is 0.439. The van der Waals surface area contributed by atoms with E-state index >= 15 is 0 Å². The van der Waals surface area contributed by atoms with Gasteiger partial charge in [0.05, 0.1) is 25.0 Å². The fourth-order valence-corrected chi connectivity index (χ4v) is 2.60. The van der Waals surface area contributed by atoms with Crippen LogP contribution in [0.1, 0.15) is 23.6 Å². The summed E-state index contributed by atoms with van der Waals surface area (Å²) in [5.41, 5.74) is 5.39. The normalized spacial score (nSPS) is 10.6. The van der Waals surface area contributed by atoms with Crippen molar-refractivity contribution < 1.29 is 19.1 Å². The van der Waals surface area contributed by atoms with E-state index in [2.05, 4.69) is 15.8 Å². The number of benzene rings is 2. The molecule has 8 heteroatoms. The van der Waals surface area contributed by atoms with Gasteiger partial charge in [0.15, 0.2) is 11.5 Å². The summed E-state index contributed by atoms with van der Waals surface area (Å²) in [6.45, 7) is 6.16. The molecular weight excluding hydrogens is 382 g/mol. The number of ether oxygens (including phenoxy) is 2. The second-order valence-electron chi connectivity index (χ2n) is 5.92. The highest BCUT2D eigenvalue weighted by molar-refractivity contribution is 6.39. The highest BCUT2D eigenvalue weighted by Gasteiger charge is 2.14. The second kappa shape index (κ2) is 9.75. The first-order valence-corrected chi connectivity index (χ1v) is 8.95. The Hall–Kier alpha value is -3.06. The lowest BCUT2D eigenvalue weighted by Crippen LogP contribution is -2.32. The molecule has 0 radical (unpaired) electrons. The van der Waals surface area contributed by atoms with Gasteiger partial charge in [0, 0.05) is 5.69 Å². The van der Waals surface area contributed by atoms with Gasteiger partial charge in [-0.2, -0.15) is 5.10 Å². The van der Waals surface area contributed by atoms with Crippen LogP contribution in [-0.4, -0.2) is 31.7 Å². The smallest absolute Gasteiger partial charge is 0.329 e. The maximum absolute atomic E-state index is 12.0. The number of carbonyl (C=O) groups excluding carboxylic acids is 2. The number of hydrogen-bond donors (Lipinski definition) is 2. The molecule has 2 aromatic carbocycles. The third-order valence-corrected chi connectivity index (χ3v) is 4.17. The van der Waals surface area contributed by atoms with E-state index in [1.165, 1.54) is 13.3 Å². The number of carbonyl (C=O) groups is 2. The lowest BCUT2D eigenvalue weighted by Gasteiger charge is -2.11. The Morgan fingerprint density at radius 2 is 1.89 bits per heavy atom. The molecule has 0 fully saturated rings. The Balaban J connectivity index is 2.01. The molecular formula is C20H22ClN3O4. The number of rotatable bonds is 6. The average Bonchev–Trinajstić information content (AvgIpc) is 2.66. The maximum atomic E-state index is 12.0. The molecule has 0 bridgehead atoms. The van der Waals surface area contributed by atoms with Gasteiger partial charge in [-0.3, -0.25) is 9.59 Å². The molecule has 0 aromatic heterocycles. The van der Waals surface area contributed by atoms with Crippen LogP contribution in [0.3, 0.4) is 0 Å². The van der Waals surface area contributed by atoms with Gasteiger partial charge >= 0.3 is 11.8 Å². The van der Waals surface area contributed by atoms with Crippen LogP contribution in [0.2, 0.25) is 5.02 Å². The minimum Gasteiger partial charge on any atom is -0.493 e. The van der Waals surface area contributed by atoms with E-state index in [1.807, 2.05) is 26.8 Å². The highest BCUT2D eigenvalue weighted by Crippen LogP contribution is 2.35. The topological polar surface area (TPSA) is 89.0 Å². The van der Waals surface area contributed by atoms with Gasteiger partial charge in [0.2, 0.25) is 0 Å². The van der Waals surface area contributed by atoms with E-state index in [-0.39, 0.29) is 0 Å². The summed E-state index contributed by atoms with van der Waals surface area (Å²) in [5.74, 6) is -0.837. The number of nitrogens with one attached hydrogen (secondary N) is 2. The Kier molecular flexibility index (Phi) is 7.40. The maximum Gasteiger partial charge on any atom is 0.329 e. The largest absolute Gasteiger partial charge is 0.493 e. The number of methoxy groups -OCH3 is 1. The molecule has 0 heterocycles. The van der Waals surface area contributed by atoms with Crippen molar-refractivity contribution in [2.45, 2.75) is 20.8 Å². The zero-order chi connectivity index (χ0) is 20.7. The van der Waals surface area contributed by atoms with Gasteiger partial charge < -0.3 is 14.8 Å². The van der Waals surface area contributed by atoms with Crippen LogP contribution in [-0.2, 0) is 9.59 Å². The van der Waals surface area contributed by atoms with Crippen molar-refractivity contribution in [3.05, 3.63) is 52.0 Å². The highest BCUT2D eigenvalue weighted by atomic mass is 35.5. The van der Waals surface area contributed by atoms with E-state index in [4.69, 9.17) is 21.1 Å². The Labute approximate surface area is 168 Å². The summed E-state index contributed by atoms with van der Waals surface area (Å²) in [5, 5.41) is 6.66. The molecule has 0 aliphatic rings. The molecule has 7 nitrogen and oxygen atoms in total. The van der Waals surface area contributed by atoms with Gasteiger partial charge in [-0.15, -0.1) is 0 Å². The van der Waals surface area contributed by atoms with Crippen LogP contribution in [0.15, 0.2) is 35.4 Å². The minimum absolute atomic E-state index is 0.349. The Morgan fingerprint density at radius 1 is 1.14 bits per heavy atom. The SMILES string of the molecule is CCOc1c(Cl)cc(/C=N\NC(=O)C(=O)Nc2ccc(C)c(C)c2)cc1OC. The average molecular weight is 404 g/mol. The minimum atomic E-state index is -0.890. The van der Waals surface area contributed by atoms with Crippen LogP contribution < -0.4 is 20.2 Å². The molecule has 0 spiro atoms. The standard InChI is InChI=1S/C20H22ClN3O4/c1-5-28-18-16(21)9-14(10-17(18)27-4)11-22-24-20(26)19(25)23-15-7-6-12(2)13(3)8-15/h6-11H,5H2,1-4H3,(H,23,25)(H,24,26)/b22-11-. The molecule has 0 saturated carbocycles. The molecule has 2 rings (SSSR count). The van der Waals surface area contributed by atoms with Gasteiger partial charge in [-0.25, -0.2) is 5.43 Å². The molecule has 2 N–H and O–H groups in total. The summed E-state index contributed by atoms with van der Waals surface area (Å²) in [6.07, 6.45) is 1.35. The van der Waals surface area contributed by atoms with Gasteiger partial charge in [-0.1, -0.05) is 17.7 Å². The molecule has 0 unspecified atom stereocenters. The molecule has 2 amide bonds. The fraction of sp³-hybridized carbons (Fsp3) is 0.250. The fourth-order valence-electron chi connectivity index (χ4n) is 2.32. The van der Waals surface area contributed by atoms with E-state index in [0.29, 0.717) is 34.4 Å². The Morgan fingerprint density at radius 3 is 2.54 bits per heavy atom. The molecule has 0 saturated heterocycles. The second-order valence-corrected chi connectivity index (χ2v) is 6.33. The third kappa shape index (κ3) is 5.47. The van der Waals surface area contributed by atoms with Crippen molar-refractivity contribution >= 4 is 35.3 Å². The number of hydrogen-bond acceptors (Lipinski definition) is 5. The monoisotopic (exact) mass is 403 g/mol. The van der Waals surface area contributed by atoms with Crippen LogP contribution in [0, 0.1) is 13.8 Å². The first-order chi connectivity index (χ1) is 13.3.